The molecule has 1 aromatic heterocycles. The highest BCUT2D eigenvalue weighted by Crippen LogP contribution is 2.63. The molecule has 184 valence electrons. The minimum atomic E-state index is -0.298. The smallest absolute Gasteiger partial charge is 0.157 e. The number of ether oxygens (including phenoxy) is 1. The molecule has 0 aliphatic heterocycles. The second-order valence-electron chi connectivity index (χ2n) is 12.2. The molecular formula is C28H39N3O3. The van der Waals surface area contributed by atoms with E-state index in [2.05, 4.69) is 17.2 Å². The summed E-state index contributed by atoms with van der Waals surface area (Å²) in [7, 11) is 1.63. The third kappa shape index (κ3) is 3.68. The molecule has 0 saturated heterocycles. The zero-order valence-electron chi connectivity index (χ0n) is 20.7. The van der Waals surface area contributed by atoms with Gasteiger partial charge in [0.25, 0.3) is 0 Å². The van der Waals surface area contributed by atoms with Gasteiger partial charge >= 0.3 is 0 Å². The molecule has 1 N–H and O–H groups in total. The van der Waals surface area contributed by atoms with Crippen LogP contribution < -0.4 is 4.74 Å². The molecule has 0 bridgehead atoms. The fraction of sp³-hybridized carbons (Fsp3) is 0.750. The molecule has 4 saturated carbocycles. The molecule has 0 spiro atoms. The van der Waals surface area contributed by atoms with Gasteiger partial charge in [0.2, 0.25) is 0 Å². The first-order chi connectivity index (χ1) is 16.4. The van der Waals surface area contributed by atoms with Crippen molar-refractivity contribution in [3.05, 3.63) is 18.2 Å². The molecule has 0 radical (unpaired) electrons. The zero-order valence-corrected chi connectivity index (χ0v) is 20.7. The van der Waals surface area contributed by atoms with E-state index in [1.165, 1.54) is 32.1 Å². The molecule has 6 heteroatoms. The largest absolute Gasteiger partial charge is 0.494 e. The number of hydrogen-bond donors (Lipinski definition) is 1. The normalized spacial score (nSPS) is 39.0. The number of nitrogens with zero attached hydrogens (tertiary/aromatic N) is 3. The van der Waals surface area contributed by atoms with Gasteiger partial charge in [-0.3, -0.25) is 4.79 Å². The van der Waals surface area contributed by atoms with Crippen LogP contribution in [0.5, 0.6) is 5.75 Å². The maximum atomic E-state index is 13.5. The lowest BCUT2D eigenvalue weighted by Crippen LogP contribution is -2.38. The van der Waals surface area contributed by atoms with Crippen LogP contribution >= 0.6 is 0 Å². The summed E-state index contributed by atoms with van der Waals surface area (Å²) in [5, 5.41) is 19.2. The van der Waals surface area contributed by atoms with Crippen molar-refractivity contribution in [1.82, 2.24) is 15.0 Å². The van der Waals surface area contributed by atoms with E-state index in [-0.39, 0.29) is 23.5 Å². The molecule has 7 atom stereocenters. The predicted octanol–water partition coefficient (Wildman–Crippen LogP) is 5.17. The Morgan fingerprint density at radius 2 is 2.06 bits per heavy atom. The minimum absolute atomic E-state index is 0.0904. The SMILES string of the molecule is COc1cccc2c1nnn2CC(=O)C1CCCC1(C)CCC1CCCC2C1CCC1(O)CC21. The maximum Gasteiger partial charge on any atom is 0.157 e. The number of hydrogen-bond acceptors (Lipinski definition) is 5. The Labute approximate surface area is 202 Å². The fourth-order valence-electron chi connectivity index (χ4n) is 8.38. The predicted molar refractivity (Wildman–Crippen MR) is 130 cm³/mol. The first-order valence-corrected chi connectivity index (χ1v) is 13.5. The van der Waals surface area contributed by atoms with Crippen molar-refractivity contribution in [1.29, 1.82) is 0 Å². The first-order valence-electron chi connectivity index (χ1n) is 13.5. The number of fused-ring (bicyclic) bond motifs is 4. The Bertz CT molecular complexity index is 1080. The van der Waals surface area contributed by atoms with Gasteiger partial charge in [0.1, 0.15) is 12.3 Å². The molecule has 0 amide bonds. The Morgan fingerprint density at radius 1 is 1.18 bits per heavy atom. The molecule has 34 heavy (non-hydrogen) atoms. The van der Waals surface area contributed by atoms with E-state index in [4.69, 9.17) is 4.74 Å². The molecule has 6 rings (SSSR count). The number of methoxy groups -OCH3 is 1. The maximum absolute atomic E-state index is 13.5. The lowest BCUT2D eigenvalue weighted by Gasteiger charge is -2.44. The van der Waals surface area contributed by atoms with Crippen molar-refractivity contribution in [3.8, 4) is 5.75 Å². The molecule has 1 heterocycles. The Balaban J connectivity index is 1.13. The third-order valence-electron chi connectivity index (χ3n) is 10.4. The highest BCUT2D eigenvalue weighted by atomic mass is 16.5. The number of ketones is 1. The average molecular weight is 466 g/mol. The van der Waals surface area contributed by atoms with E-state index in [1.54, 1.807) is 11.8 Å². The highest BCUT2D eigenvalue weighted by molar-refractivity contribution is 5.85. The van der Waals surface area contributed by atoms with E-state index < -0.39 is 0 Å². The molecular weight excluding hydrogens is 426 g/mol. The van der Waals surface area contributed by atoms with E-state index in [1.807, 2.05) is 18.2 Å². The number of carbonyl (C=O) groups excluding carboxylic acids is 1. The van der Waals surface area contributed by atoms with Gasteiger partial charge in [0, 0.05) is 5.92 Å². The zero-order chi connectivity index (χ0) is 23.5. The fourth-order valence-corrected chi connectivity index (χ4v) is 8.38. The first kappa shape index (κ1) is 22.5. The van der Waals surface area contributed by atoms with Gasteiger partial charge in [-0.15, -0.1) is 5.10 Å². The third-order valence-corrected chi connectivity index (χ3v) is 10.4. The summed E-state index contributed by atoms with van der Waals surface area (Å²) in [5.74, 6) is 4.03. The van der Waals surface area contributed by atoms with Crippen molar-refractivity contribution < 1.29 is 14.6 Å². The van der Waals surface area contributed by atoms with Gasteiger partial charge < -0.3 is 9.84 Å². The van der Waals surface area contributed by atoms with Gasteiger partial charge in [0.05, 0.1) is 18.2 Å². The van der Waals surface area contributed by atoms with E-state index >= 15 is 0 Å². The molecule has 4 aliphatic rings. The van der Waals surface area contributed by atoms with Gasteiger partial charge in [-0.25, -0.2) is 4.68 Å². The lowest BCUT2D eigenvalue weighted by atomic mass is 9.62. The van der Waals surface area contributed by atoms with Gasteiger partial charge in [-0.2, -0.15) is 0 Å². The Kier molecular flexibility index (Phi) is 5.51. The van der Waals surface area contributed by atoms with Crippen LogP contribution in [0.1, 0.15) is 77.6 Å². The van der Waals surface area contributed by atoms with Crippen LogP contribution in [-0.4, -0.2) is 38.6 Å². The molecule has 7 unspecified atom stereocenters. The topological polar surface area (TPSA) is 77.2 Å². The van der Waals surface area contributed by atoms with Crippen molar-refractivity contribution in [2.24, 2.45) is 35.0 Å². The molecule has 6 nitrogen and oxygen atoms in total. The van der Waals surface area contributed by atoms with Crippen LogP contribution in [0.25, 0.3) is 11.0 Å². The van der Waals surface area contributed by atoms with Crippen molar-refractivity contribution >= 4 is 16.8 Å². The Morgan fingerprint density at radius 3 is 2.91 bits per heavy atom. The monoisotopic (exact) mass is 465 g/mol. The second kappa shape index (κ2) is 8.32. The van der Waals surface area contributed by atoms with Crippen LogP contribution in [-0.2, 0) is 11.3 Å². The van der Waals surface area contributed by atoms with Crippen LogP contribution in [0.3, 0.4) is 0 Å². The van der Waals surface area contributed by atoms with Crippen LogP contribution in [0.2, 0.25) is 0 Å². The van der Waals surface area contributed by atoms with Gasteiger partial charge in [-0.05, 0) is 92.6 Å². The quantitative estimate of drug-likeness (QED) is 0.610. The summed E-state index contributed by atoms with van der Waals surface area (Å²) in [6, 6.07) is 5.77. The summed E-state index contributed by atoms with van der Waals surface area (Å²) in [5.41, 5.74) is 1.37. The minimum Gasteiger partial charge on any atom is -0.494 e. The van der Waals surface area contributed by atoms with Gasteiger partial charge in [0.15, 0.2) is 11.3 Å². The molecule has 4 aliphatic carbocycles. The summed E-state index contributed by atoms with van der Waals surface area (Å²) < 4.78 is 7.16. The number of carbonyl (C=O) groups is 1. The highest BCUT2D eigenvalue weighted by Gasteiger charge is 2.61. The number of rotatable bonds is 7. The summed E-state index contributed by atoms with van der Waals surface area (Å²) >= 11 is 0. The molecule has 4 fully saturated rings. The van der Waals surface area contributed by atoms with E-state index in [0.717, 1.165) is 61.8 Å². The lowest BCUT2D eigenvalue weighted by molar-refractivity contribution is -0.126. The number of aliphatic hydroxyl groups is 1. The number of Topliss-reactive ketones (excluding diaryl/α,β-unsaturated/α-hetero) is 1. The second-order valence-corrected chi connectivity index (χ2v) is 12.2. The standard InChI is InChI=1S/C28H39N3O3/c1-27(14-11-18-6-3-7-20-19(18)12-15-28(33)16-22(20)28)13-5-8-21(27)24(32)17-31-23-9-4-10-25(34-2)26(23)29-30-31/h4,9-10,18-22,33H,3,5-8,11-17H2,1-2H3. The van der Waals surface area contributed by atoms with Crippen LogP contribution in [0, 0.1) is 35.0 Å². The van der Waals surface area contributed by atoms with Crippen molar-refractivity contribution in [3.63, 3.8) is 0 Å². The number of benzene rings is 1. The molecule has 2 aromatic rings. The average Bonchev–Trinajstić information content (AvgIpc) is 3.16. The van der Waals surface area contributed by atoms with Crippen LogP contribution in [0.15, 0.2) is 18.2 Å². The van der Waals surface area contributed by atoms with Crippen molar-refractivity contribution in [2.45, 2.75) is 89.7 Å². The summed E-state index contributed by atoms with van der Waals surface area (Å²) in [6.07, 6.45) is 13.0. The van der Waals surface area contributed by atoms with Gasteiger partial charge in [-0.1, -0.05) is 37.5 Å². The van der Waals surface area contributed by atoms with E-state index in [0.29, 0.717) is 23.0 Å². The Hall–Kier alpha value is -1.95. The number of aromatic nitrogens is 3. The summed E-state index contributed by atoms with van der Waals surface area (Å²) in [6.45, 7) is 2.66. The molecule has 1 aromatic carbocycles. The van der Waals surface area contributed by atoms with E-state index in [9.17, 15) is 9.90 Å². The van der Waals surface area contributed by atoms with Crippen molar-refractivity contribution in [2.75, 3.05) is 7.11 Å². The summed E-state index contributed by atoms with van der Waals surface area (Å²) in [4.78, 5) is 13.5. The van der Waals surface area contributed by atoms with Crippen LogP contribution in [0.4, 0.5) is 0 Å².